The molecule has 0 spiro atoms. The predicted octanol–water partition coefficient (Wildman–Crippen LogP) is 2.94. The number of nitro benzene ring substituents is 1. The summed E-state index contributed by atoms with van der Waals surface area (Å²) in [6.45, 7) is 4.06. The number of piperidine rings is 1. The van der Waals surface area contributed by atoms with Gasteiger partial charge in [-0.3, -0.25) is 14.9 Å². The van der Waals surface area contributed by atoms with Gasteiger partial charge in [-0.25, -0.2) is 4.98 Å². The fraction of sp³-hybridized carbons (Fsp3) is 0.368. The number of anilines is 1. The third-order valence-electron chi connectivity index (χ3n) is 4.81. The van der Waals surface area contributed by atoms with Gasteiger partial charge in [0.25, 0.3) is 11.6 Å². The lowest BCUT2D eigenvalue weighted by atomic mass is 9.96. The van der Waals surface area contributed by atoms with Crippen LogP contribution < -0.4 is 10.2 Å². The van der Waals surface area contributed by atoms with Crippen molar-refractivity contribution < 1.29 is 9.72 Å². The first kappa shape index (κ1) is 17.8. The van der Waals surface area contributed by atoms with E-state index in [1.54, 1.807) is 25.3 Å². The van der Waals surface area contributed by atoms with E-state index in [1.165, 1.54) is 6.07 Å². The molecule has 1 fully saturated rings. The maximum atomic E-state index is 12.3. The number of aromatic nitrogens is 1. The summed E-state index contributed by atoms with van der Waals surface area (Å²) in [6.07, 6.45) is 3.75. The Morgan fingerprint density at radius 2 is 2.08 bits per heavy atom. The van der Waals surface area contributed by atoms with Crippen molar-refractivity contribution in [1.82, 2.24) is 10.3 Å². The number of nitrogens with one attached hydrogen (secondary N) is 1. The first-order chi connectivity index (χ1) is 12.5. The third kappa shape index (κ3) is 4.17. The van der Waals surface area contributed by atoms with Crippen LogP contribution in [0.25, 0.3) is 0 Å². The molecule has 1 aromatic carbocycles. The minimum atomic E-state index is -0.459. The Hall–Kier alpha value is -2.96. The highest BCUT2D eigenvalue weighted by Gasteiger charge is 2.21. The number of rotatable bonds is 5. The van der Waals surface area contributed by atoms with E-state index in [1.807, 2.05) is 18.2 Å². The Bertz CT molecular complexity index is 787. The quantitative estimate of drug-likeness (QED) is 0.659. The molecule has 1 aromatic heterocycles. The minimum absolute atomic E-state index is 0.0266. The van der Waals surface area contributed by atoms with E-state index >= 15 is 0 Å². The van der Waals surface area contributed by atoms with Crippen molar-refractivity contribution in [2.45, 2.75) is 19.8 Å². The molecule has 1 amide bonds. The summed E-state index contributed by atoms with van der Waals surface area (Å²) < 4.78 is 0. The van der Waals surface area contributed by atoms with Crippen molar-refractivity contribution in [1.29, 1.82) is 0 Å². The number of carbonyl (C=O) groups is 1. The Balaban J connectivity index is 1.51. The molecular weight excluding hydrogens is 332 g/mol. The molecule has 1 aliphatic heterocycles. The largest absolute Gasteiger partial charge is 0.357 e. The standard InChI is InChI=1S/C19H22N4O3/c1-14-5-6-16(12-17(14)23(25)26)19(24)21-13-15-7-10-22(11-8-15)18-4-2-3-9-20-18/h2-6,9,12,15H,7-8,10-11,13H2,1H3,(H,21,24). The second-order valence-electron chi connectivity index (χ2n) is 6.59. The van der Waals surface area contributed by atoms with Gasteiger partial charge in [-0.15, -0.1) is 0 Å². The highest BCUT2D eigenvalue weighted by Crippen LogP contribution is 2.22. The number of nitro groups is 1. The van der Waals surface area contributed by atoms with Crippen molar-refractivity contribution >= 4 is 17.4 Å². The molecule has 0 bridgehead atoms. The van der Waals surface area contributed by atoms with Gasteiger partial charge in [0.15, 0.2) is 0 Å². The van der Waals surface area contributed by atoms with Crippen molar-refractivity contribution in [3.63, 3.8) is 0 Å². The van der Waals surface area contributed by atoms with Gasteiger partial charge in [-0.1, -0.05) is 12.1 Å². The molecule has 136 valence electrons. The minimum Gasteiger partial charge on any atom is -0.357 e. The molecule has 2 heterocycles. The van der Waals surface area contributed by atoms with Gasteiger partial charge in [-0.05, 0) is 43.9 Å². The van der Waals surface area contributed by atoms with Crippen LogP contribution in [0, 0.1) is 23.0 Å². The molecule has 1 aliphatic rings. The van der Waals surface area contributed by atoms with Crippen molar-refractivity contribution in [3.05, 3.63) is 63.8 Å². The molecule has 1 N–H and O–H groups in total. The summed E-state index contributed by atoms with van der Waals surface area (Å²) in [5.74, 6) is 1.13. The molecule has 0 atom stereocenters. The summed E-state index contributed by atoms with van der Waals surface area (Å²) in [6, 6.07) is 10.5. The number of amides is 1. The van der Waals surface area contributed by atoms with Crippen molar-refractivity contribution in [2.75, 3.05) is 24.5 Å². The van der Waals surface area contributed by atoms with Crippen LogP contribution in [-0.2, 0) is 0 Å². The molecular formula is C19H22N4O3. The third-order valence-corrected chi connectivity index (χ3v) is 4.81. The Morgan fingerprint density at radius 1 is 1.31 bits per heavy atom. The second-order valence-corrected chi connectivity index (χ2v) is 6.59. The molecule has 7 heteroatoms. The van der Waals surface area contributed by atoms with Gasteiger partial charge in [0, 0.05) is 43.0 Å². The zero-order chi connectivity index (χ0) is 18.5. The zero-order valence-electron chi connectivity index (χ0n) is 14.7. The van der Waals surface area contributed by atoms with Crippen molar-refractivity contribution in [3.8, 4) is 0 Å². The van der Waals surface area contributed by atoms with E-state index in [2.05, 4.69) is 15.2 Å². The zero-order valence-corrected chi connectivity index (χ0v) is 14.7. The molecule has 0 saturated carbocycles. The van der Waals surface area contributed by atoms with Crippen LogP contribution >= 0.6 is 0 Å². The first-order valence-corrected chi connectivity index (χ1v) is 8.74. The summed E-state index contributed by atoms with van der Waals surface area (Å²) in [7, 11) is 0. The molecule has 1 saturated heterocycles. The molecule has 7 nitrogen and oxygen atoms in total. The number of carbonyl (C=O) groups excluding carboxylic acids is 1. The first-order valence-electron chi connectivity index (χ1n) is 8.74. The molecule has 0 radical (unpaired) electrons. The Kier molecular flexibility index (Phi) is 5.46. The van der Waals surface area contributed by atoms with Crippen molar-refractivity contribution in [2.24, 2.45) is 5.92 Å². The lowest BCUT2D eigenvalue weighted by Gasteiger charge is -2.32. The van der Waals surface area contributed by atoms with E-state index < -0.39 is 4.92 Å². The highest BCUT2D eigenvalue weighted by atomic mass is 16.6. The molecule has 3 rings (SSSR count). The van der Waals surface area contributed by atoms with Crippen LogP contribution in [0.3, 0.4) is 0 Å². The molecule has 2 aromatic rings. The van der Waals surface area contributed by atoms with E-state index in [0.29, 0.717) is 23.6 Å². The average molecular weight is 354 g/mol. The van der Waals surface area contributed by atoms with E-state index in [0.717, 1.165) is 31.7 Å². The van der Waals surface area contributed by atoms with E-state index in [9.17, 15) is 14.9 Å². The number of pyridine rings is 1. The maximum Gasteiger partial charge on any atom is 0.273 e. The maximum absolute atomic E-state index is 12.3. The predicted molar refractivity (Wildman–Crippen MR) is 99.3 cm³/mol. The molecule has 0 aliphatic carbocycles. The lowest BCUT2D eigenvalue weighted by Crippen LogP contribution is -2.39. The van der Waals surface area contributed by atoms with Gasteiger partial charge >= 0.3 is 0 Å². The number of aryl methyl sites for hydroxylation is 1. The van der Waals surface area contributed by atoms with Gasteiger partial charge in [0.05, 0.1) is 4.92 Å². The topological polar surface area (TPSA) is 88.4 Å². The van der Waals surface area contributed by atoms with Crippen LogP contribution in [0.15, 0.2) is 42.6 Å². The summed E-state index contributed by atoms with van der Waals surface area (Å²) in [4.78, 5) is 29.5. The lowest BCUT2D eigenvalue weighted by molar-refractivity contribution is -0.385. The van der Waals surface area contributed by atoms with Crippen LogP contribution in [-0.4, -0.2) is 35.4 Å². The average Bonchev–Trinajstić information content (AvgIpc) is 2.67. The highest BCUT2D eigenvalue weighted by molar-refractivity contribution is 5.95. The number of benzene rings is 1. The Labute approximate surface area is 152 Å². The van der Waals surface area contributed by atoms with Crippen LogP contribution in [0.1, 0.15) is 28.8 Å². The number of nitrogens with zero attached hydrogens (tertiary/aromatic N) is 3. The summed E-state index contributed by atoms with van der Waals surface area (Å²) in [5, 5.41) is 13.9. The van der Waals surface area contributed by atoms with Crippen LogP contribution in [0.5, 0.6) is 0 Å². The Morgan fingerprint density at radius 3 is 2.73 bits per heavy atom. The van der Waals surface area contributed by atoms with Gasteiger partial charge in [0.1, 0.15) is 5.82 Å². The summed E-state index contributed by atoms with van der Waals surface area (Å²) in [5.41, 5.74) is 0.850. The monoisotopic (exact) mass is 354 g/mol. The smallest absolute Gasteiger partial charge is 0.273 e. The van der Waals surface area contributed by atoms with Gasteiger partial charge in [0.2, 0.25) is 0 Å². The summed E-state index contributed by atoms with van der Waals surface area (Å²) >= 11 is 0. The van der Waals surface area contributed by atoms with Gasteiger partial charge in [-0.2, -0.15) is 0 Å². The van der Waals surface area contributed by atoms with Crippen LogP contribution in [0.2, 0.25) is 0 Å². The number of hydrogen-bond acceptors (Lipinski definition) is 5. The fourth-order valence-electron chi connectivity index (χ4n) is 3.19. The molecule has 26 heavy (non-hydrogen) atoms. The van der Waals surface area contributed by atoms with Crippen LogP contribution in [0.4, 0.5) is 11.5 Å². The second kappa shape index (κ2) is 7.95. The fourth-order valence-corrected chi connectivity index (χ4v) is 3.19. The van der Waals surface area contributed by atoms with E-state index in [4.69, 9.17) is 0 Å². The number of hydrogen-bond donors (Lipinski definition) is 1. The SMILES string of the molecule is Cc1ccc(C(=O)NCC2CCN(c3ccccn3)CC2)cc1[N+](=O)[O-]. The van der Waals surface area contributed by atoms with Gasteiger partial charge < -0.3 is 10.2 Å². The molecule has 0 unspecified atom stereocenters. The normalized spacial score (nSPS) is 14.9. The van der Waals surface area contributed by atoms with E-state index in [-0.39, 0.29) is 11.6 Å².